The molecule has 1 aromatic rings. The number of nitrogens with one attached hydrogen (secondary N) is 1. The molecule has 3 heteroatoms. The largest absolute Gasteiger partial charge is 0.479 e. The third-order valence-electron chi connectivity index (χ3n) is 2.18. The van der Waals surface area contributed by atoms with Gasteiger partial charge in [-0.1, -0.05) is 31.2 Å². The maximum absolute atomic E-state index is 8.38. The molecule has 0 fully saturated rings. The third-order valence-corrected chi connectivity index (χ3v) is 2.18. The van der Waals surface area contributed by atoms with Crippen LogP contribution in [0.2, 0.25) is 0 Å². The normalized spacial score (nSPS) is 10.4. The Bertz CT molecular complexity index is 376. The van der Waals surface area contributed by atoms with E-state index in [1.165, 1.54) is 0 Å². The molecule has 0 spiro atoms. The van der Waals surface area contributed by atoms with Gasteiger partial charge < -0.3 is 10.1 Å². The van der Waals surface area contributed by atoms with Crippen LogP contribution in [-0.2, 0) is 0 Å². The topological polar surface area (TPSA) is 45.0 Å². The van der Waals surface area contributed by atoms with E-state index in [2.05, 4.69) is 24.4 Å². The van der Waals surface area contributed by atoms with Crippen molar-refractivity contribution in [3.8, 4) is 11.8 Å². The Labute approximate surface area is 103 Å². The molecule has 0 bridgehead atoms. The second-order valence-corrected chi connectivity index (χ2v) is 3.62. The predicted octanol–water partition coefficient (Wildman–Crippen LogP) is 2.60. The van der Waals surface area contributed by atoms with E-state index in [1.54, 1.807) is 0 Å². The van der Waals surface area contributed by atoms with Crippen LogP contribution in [0.15, 0.2) is 30.3 Å². The lowest BCUT2D eigenvalue weighted by Crippen LogP contribution is -2.13. The third kappa shape index (κ3) is 5.74. The summed E-state index contributed by atoms with van der Waals surface area (Å²) in [6, 6.07) is 9.63. The summed E-state index contributed by atoms with van der Waals surface area (Å²) in [5.74, 6) is 0.729. The minimum Gasteiger partial charge on any atom is -0.479 e. The van der Waals surface area contributed by atoms with Crippen molar-refractivity contribution in [2.45, 2.75) is 13.3 Å². The van der Waals surface area contributed by atoms with Gasteiger partial charge in [0.25, 0.3) is 0 Å². The van der Waals surface area contributed by atoms with Crippen LogP contribution in [0.5, 0.6) is 5.75 Å². The number of hydrogen-bond acceptors (Lipinski definition) is 3. The predicted molar refractivity (Wildman–Crippen MR) is 69.7 cm³/mol. The van der Waals surface area contributed by atoms with Gasteiger partial charge in [-0.05, 0) is 30.7 Å². The van der Waals surface area contributed by atoms with Crippen molar-refractivity contribution in [2.75, 3.05) is 19.7 Å². The van der Waals surface area contributed by atoms with E-state index in [9.17, 15) is 0 Å². The second-order valence-electron chi connectivity index (χ2n) is 3.62. The van der Waals surface area contributed by atoms with Crippen molar-refractivity contribution in [2.24, 2.45) is 0 Å². The summed E-state index contributed by atoms with van der Waals surface area (Å²) in [6.07, 6.45) is 5.32. The quantitative estimate of drug-likeness (QED) is 0.732. The van der Waals surface area contributed by atoms with Gasteiger partial charge in [-0.2, -0.15) is 5.26 Å². The highest BCUT2D eigenvalue weighted by molar-refractivity contribution is 5.50. The Morgan fingerprint density at radius 2 is 2.12 bits per heavy atom. The second kappa shape index (κ2) is 8.37. The highest BCUT2D eigenvalue weighted by Crippen LogP contribution is 2.12. The fraction of sp³-hybridized carbons (Fsp3) is 0.357. The van der Waals surface area contributed by atoms with Crippen molar-refractivity contribution in [1.82, 2.24) is 5.32 Å². The zero-order chi connectivity index (χ0) is 12.3. The van der Waals surface area contributed by atoms with E-state index in [4.69, 9.17) is 10.00 Å². The lowest BCUT2D eigenvalue weighted by Gasteiger charge is -2.01. The SMILES string of the molecule is CCCNCC=Cc1ccc(OCC#N)cc1. The first kappa shape index (κ1) is 13.3. The molecule has 0 aliphatic rings. The summed E-state index contributed by atoms with van der Waals surface area (Å²) in [6.45, 7) is 4.18. The minimum absolute atomic E-state index is 0.0934. The van der Waals surface area contributed by atoms with Gasteiger partial charge in [0.1, 0.15) is 11.8 Å². The smallest absolute Gasteiger partial charge is 0.174 e. The van der Waals surface area contributed by atoms with Crippen molar-refractivity contribution in [3.05, 3.63) is 35.9 Å². The lowest BCUT2D eigenvalue weighted by molar-refractivity contribution is 0.368. The Morgan fingerprint density at radius 3 is 2.76 bits per heavy atom. The number of rotatable bonds is 7. The van der Waals surface area contributed by atoms with E-state index < -0.39 is 0 Å². The summed E-state index contributed by atoms with van der Waals surface area (Å²) in [5.41, 5.74) is 1.13. The molecule has 0 unspecified atom stereocenters. The molecule has 90 valence electrons. The van der Waals surface area contributed by atoms with Crippen LogP contribution in [0.25, 0.3) is 6.08 Å². The van der Waals surface area contributed by atoms with Gasteiger partial charge in [-0.25, -0.2) is 0 Å². The van der Waals surface area contributed by atoms with Crippen LogP contribution in [0, 0.1) is 11.3 Å². The summed E-state index contributed by atoms with van der Waals surface area (Å²) in [7, 11) is 0. The maximum Gasteiger partial charge on any atom is 0.174 e. The van der Waals surface area contributed by atoms with Crippen LogP contribution in [0.3, 0.4) is 0 Å². The molecule has 1 rings (SSSR count). The van der Waals surface area contributed by atoms with Crippen molar-refractivity contribution < 1.29 is 4.74 Å². The highest BCUT2D eigenvalue weighted by atomic mass is 16.5. The van der Waals surface area contributed by atoms with Gasteiger partial charge in [-0.3, -0.25) is 0 Å². The Hall–Kier alpha value is -1.79. The van der Waals surface area contributed by atoms with Crippen LogP contribution in [0.1, 0.15) is 18.9 Å². The van der Waals surface area contributed by atoms with Crippen LogP contribution >= 0.6 is 0 Å². The molecule has 0 heterocycles. The van der Waals surface area contributed by atoms with Crippen LogP contribution in [0.4, 0.5) is 0 Å². The molecule has 0 atom stereocenters. The number of hydrogen-bond donors (Lipinski definition) is 1. The molecular formula is C14H18N2O. The number of nitriles is 1. The number of ether oxygens (including phenoxy) is 1. The van der Waals surface area contributed by atoms with Gasteiger partial charge in [0.2, 0.25) is 0 Å². The molecule has 0 aliphatic carbocycles. The highest BCUT2D eigenvalue weighted by Gasteiger charge is 1.92. The van der Waals surface area contributed by atoms with Gasteiger partial charge in [-0.15, -0.1) is 0 Å². The van der Waals surface area contributed by atoms with Gasteiger partial charge >= 0.3 is 0 Å². The molecule has 3 nitrogen and oxygen atoms in total. The average Bonchev–Trinajstić information content (AvgIpc) is 2.37. The molecule has 17 heavy (non-hydrogen) atoms. The molecule has 1 N–H and O–H groups in total. The first-order valence-electron chi connectivity index (χ1n) is 5.84. The average molecular weight is 230 g/mol. The first-order valence-corrected chi connectivity index (χ1v) is 5.84. The lowest BCUT2D eigenvalue weighted by atomic mass is 10.2. The van der Waals surface area contributed by atoms with E-state index in [0.717, 1.165) is 30.8 Å². The Balaban J connectivity index is 2.37. The van der Waals surface area contributed by atoms with Gasteiger partial charge in [0.05, 0.1) is 0 Å². The Morgan fingerprint density at radius 1 is 1.35 bits per heavy atom. The van der Waals surface area contributed by atoms with Crippen molar-refractivity contribution >= 4 is 6.08 Å². The Kier molecular flexibility index (Phi) is 6.54. The van der Waals surface area contributed by atoms with E-state index in [1.807, 2.05) is 30.3 Å². The summed E-state index contributed by atoms with van der Waals surface area (Å²) in [4.78, 5) is 0. The molecule has 0 saturated carbocycles. The molecule has 0 amide bonds. The molecule has 0 radical (unpaired) electrons. The molecule has 0 saturated heterocycles. The molecule has 0 aliphatic heterocycles. The van der Waals surface area contributed by atoms with E-state index in [0.29, 0.717) is 0 Å². The van der Waals surface area contributed by atoms with E-state index in [-0.39, 0.29) is 6.61 Å². The zero-order valence-corrected chi connectivity index (χ0v) is 10.1. The minimum atomic E-state index is 0.0934. The molecule has 1 aromatic carbocycles. The summed E-state index contributed by atoms with van der Waals surface area (Å²) >= 11 is 0. The van der Waals surface area contributed by atoms with Crippen molar-refractivity contribution in [1.29, 1.82) is 5.26 Å². The number of benzene rings is 1. The molecule has 0 aromatic heterocycles. The monoisotopic (exact) mass is 230 g/mol. The number of nitrogens with zero attached hydrogens (tertiary/aromatic N) is 1. The fourth-order valence-electron chi connectivity index (χ4n) is 1.35. The molecular weight excluding hydrogens is 212 g/mol. The summed E-state index contributed by atoms with van der Waals surface area (Å²) in [5, 5.41) is 11.7. The fourth-order valence-corrected chi connectivity index (χ4v) is 1.35. The zero-order valence-electron chi connectivity index (χ0n) is 10.1. The van der Waals surface area contributed by atoms with Gasteiger partial charge in [0.15, 0.2) is 6.61 Å². The maximum atomic E-state index is 8.38. The summed E-state index contributed by atoms with van der Waals surface area (Å²) < 4.78 is 5.17. The van der Waals surface area contributed by atoms with E-state index >= 15 is 0 Å². The van der Waals surface area contributed by atoms with Gasteiger partial charge in [0, 0.05) is 6.54 Å². The van der Waals surface area contributed by atoms with Crippen LogP contribution in [-0.4, -0.2) is 19.7 Å². The first-order chi connectivity index (χ1) is 8.36. The van der Waals surface area contributed by atoms with Crippen molar-refractivity contribution in [3.63, 3.8) is 0 Å². The van der Waals surface area contributed by atoms with Crippen LogP contribution < -0.4 is 10.1 Å². The standard InChI is InChI=1S/C14H18N2O/c1-2-10-16-11-3-4-13-5-7-14(8-6-13)17-12-9-15/h3-8,16H,2,10-12H2,1H3.